The number of nitrogens with one attached hydrogen (secondary N) is 1. The lowest BCUT2D eigenvalue weighted by Gasteiger charge is -2.08. The maximum absolute atomic E-state index is 6.04. The third-order valence-electron chi connectivity index (χ3n) is 4.14. The minimum absolute atomic E-state index is 0.459. The van der Waals surface area contributed by atoms with Gasteiger partial charge in [-0.25, -0.2) is 9.97 Å². The van der Waals surface area contributed by atoms with Gasteiger partial charge in [-0.2, -0.15) is 4.98 Å². The van der Waals surface area contributed by atoms with Crippen LogP contribution in [0.4, 0.5) is 17.5 Å². The molecule has 0 saturated heterocycles. The van der Waals surface area contributed by atoms with Crippen LogP contribution in [0.25, 0.3) is 21.9 Å². The second-order valence-electron chi connectivity index (χ2n) is 5.84. The molecule has 0 amide bonds. The Bertz CT molecular complexity index is 1100. The van der Waals surface area contributed by atoms with E-state index in [9.17, 15) is 0 Å². The van der Waals surface area contributed by atoms with E-state index in [1.807, 2.05) is 55.5 Å². The first-order chi connectivity index (χ1) is 12.2. The number of nitrogen functional groups attached to an aromatic ring is 1. The predicted molar refractivity (Wildman–Crippen MR) is 102 cm³/mol. The van der Waals surface area contributed by atoms with Gasteiger partial charge in [-0.05, 0) is 37.3 Å². The van der Waals surface area contributed by atoms with Gasteiger partial charge in [0.25, 0.3) is 0 Å². The number of hydrogen-bond acceptors (Lipinski definition) is 5. The van der Waals surface area contributed by atoms with Crippen molar-refractivity contribution in [3.63, 3.8) is 0 Å². The molecule has 0 aliphatic rings. The van der Waals surface area contributed by atoms with Crippen molar-refractivity contribution in [3.05, 3.63) is 60.9 Å². The number of nitrogens with two attached hydrogens (primary N) is 1. The topological polar surface area (TPSA) is 81.7 Å². The van der Waals surface area contributed by atoms with Crippen molar-refractivity contribution >= 4 is 39.4 Å². The van der Waals surface area contributed by atoms with Gasteiger partial charge in [0.05, 0.1) is 16.6 Å². The summed E-state index contributed by atoms with van der Waals surface area (Å²) in [5.41, 5.74) is 9.70. The van der Waals surface area contributed by atoms with Gasteiger partial charge < -0.3 is 15.6 Å². The Morgan fingerprint density at radius 2 is 1.96 bits per heavy atom. The summed E-state index contributed by atoms with van der Waals surface area (Å²) in [5.74, 6) is 1.89. The summed E-state index contributed by atoms with van der Waals surface area (Å²) in [6.45, 7) is 6.53. The number of allylic oxidation sites excluding steroid dienone is 1. The molecule has 0 fully saturated rings. The number of para-hydroxylation sites is 1. The minimum Gasteiger partial charge on any atom is -0.383 e. The van der Waals surface area contributed by atoms with Crippen LogP contribution in [0.5, 0.6) is 0 Å². The van der Waals surface area contributed by atoms with E-state index < -0.39 is 0 Å². The van der Waals surface area contributed by atoms with Crippen molar-refractivity contribution in [2.75, 3.05) is 11.1 Å². The van der Waals surface area contributed by atoms with Crippen LogP contribution in [0.2, 0.25) is 0 Å². The molecule has 6 nitrogen and oxygen atoms in total. The van der Waals surface area contributed by atoms with Crippen LogP contribution in [0, 0.1) is 6.92 Å². The Labute approximate surface area is 145 Å². The smallest absolute Gasteiger partial charge is 0.229 e. The standard InChI is InChI=1S/C19H18N6/c1-3-10-25-12(2)21-16-11-13(8-9-17(16)25)22-19-23-15-7-5-4-6-14(15)18(20)24-19/h3-9,11H,1,10H2,2H3,(H3,20,22,23,24). The van der Waals surface area contributed by atoms with Gasteiger partial charge in [0.1, 0.15) is 11.6 Å². The first-order valence-electron chi connectivity index (χ1n) is 8.03. The average molecular weight is 330 g/mol. The van der Waals surface area contributed by atoms with E-state index in [2.05, 4.69) is 31.4 Å². The van der Waals surface area contributed by atoms with Crippen LogP contribution in [-0.4, -0.2) is 19.5 Å². The number of rotatable bonds is 4. The number of benzene rings is 2. The molecule has 3 N–H and O–H groups in total. The molecule has 0 unspecified atom stereocenters. The molecule has 4 aromatic rings. The maximum Gasteiger partial charge on any atom is 0.229 e. The van der Waals surface area contributed by atoms with Gasteiger partial charge >= 0.3 is 0 Å². The summed E-state index contributed by atoms with van der Waals surface area (Å²) in [5, 5.41) is 4.07. The highest BCUT2D eigenvalue weighted by Gasteiger charge is 2.09. The summed E-state index contributed by atoms with van der Waals surface area (Å²) in [6.07, 6.45) is 1.87. The number of fused-ring (bicyclic) bond motifs is 2. The molecule has 2 aromatic carbocycles. The zero-order valence-corrected chi connectivity index (χ0v) is 13.9. The first kappa shape index (κ1) is 15.1. The highest BCUT2D eigenvalue weighted by Crippen LogP contribution is 2.24. The number of nitrogens with zero attached hydrogens (tertiary/aromatic N) is 4. The molecule has 0 spiro atoms. The number of imidazole rings is 1. The third-order valence-corrected chi connectivity index (χ3v) is 4.14. The molecule has 0 saturated carbocycles. The highest BCUT2D eigenvalue weighted by atomic mass is 15.1. The van der Waals surface area contributed by atoms with Crippen molar-refractivity contribution in [1.82, 2.24) is 19.5 Å². The van der Waals surface area contributed by atoms with Crippen molar-refractivity contribution in [2.45, 2.75) is 13.5 Å². The van der Waals surface area contributed by atoms with Crippen molar-refractivity contribution in [3.8, 4) is 0 Å². The molecule has 6 heteroatoms. The summed E-state index contributed by atoms with van der Waals surface area (Å²) in [4.78, 5) is 13.5. The normalized spacial score (nSPS) is 11.1. The lowest BCUT2D eigenvalue weighted by atomic mass is 10.2. The van der Waals surface area contributed by atoms with Crippen LogP contribution in [0.15, 0.2) is 55.1 Å². The van der Waals surface area contributed by atoms with Gasteiger partial charge in [-0.15, -0.1) is 6.58 Å². The van der Waals surface area contributed by atoms with Gasteiger partial charge in [-0.3, -0.25) is 0 Å². The largest absolute Gasteiger partial charge is 0.383 e. The summed E-state index contributed by atoms with van der Waals surface area (Å²) in [6, 6.07) is 13.7. The van der Waals surface area contributed by atoms with Crippen molar-refractivity contribution in [1.29, 1.82) is 0 Å². The molecular formula is C19H18N6. The van der Waals surface area contributed by atoms with Crippen LogP contribution < -0.4 is 11.1 Å². The van der Waals surface area contributed by atoms with Crippen LogP contribution in [0.1, 0.15) is 5.82 Å². The Hall–Kier alpha value is -3.41. The molecule has 25 heavy (non-hydrogen) atoms. The average Bonchev–Trinajstić information content (AvgIpc) is 2.90. The Morgan fingerprint density at radius 3 is 2.80 bits per heavy atom. The van der Waals surface area contributed by atoms with E-state index in [4.69, 9.17) is 5.73 Å². The zero-order chi connectivity index (χ0) is 17.4. The molecule has 0 bridgehead atoms. The molecule has 124 valence electrons. The van der Waals surface area contributed by atoms with Crippen molar-refractivity contribution in [2.24, 2.45) is 0 Å². The maximum atomic E-state index is 6.04. The molecule has 2 aromatic heterocycles. The minimum atomic E-state index is 0.459. The summed E-state index contributed by atoms with van der Waals surface area (Å²) >= 11 is 0. The lowest BCUT2D eigenvalue weighted by molar-refractivity contribution is 0.808. The van der Waals surface area contributed by atoms with E-state index >= 15 is 0 Å². The third kappa shape index (κ3) is 2.67. The van der Waals surface area contributed by atoms with Gasteiger partial charge in [0, 0.05) is 17.6 Å². The number of anilines is 3. The molecule has 2 heterocycles. The Morgan fingerprint density at radius 1 is 1.12 bits per heavy atom. The molecule has 0 atom stereocenters. The van der Waals surface area contributed by atoms with Gasteiger partial charge in [0.2, 0.25) is 5.95 Å². The molecular weight excluding hydrogens is 312 g/mol. The summed E-state index contributed by atoms with van der Waals surface area (Å²) in [7, 11) is 0. The molecule has 4 rings (SSSR count). The van der Waals surface area contributed by atoms with E-state index in [0.29, 0.717) is 11.8 Å². The molecule has 0 aliphatic heterocycles. The van der Waals surface area contributed by atoms with E-state index in [-0.39, 0.29) is 0 Å². The Kier molecular flexibility index (Phi) is 3.57. The fourth-order valence-electron chi connectivity index (χ4n) is 2.97. The predicted octanol–water partition coefficient (Wildman–Crippen LogP) is 3.80. The van der Waals surface area contributed by atoms with Crippen molar-refractivity contribution < 1.29 is 0 Å². The first-order valence-corrected chi connectivity index (χ1v) is 8.03. The van der Waals surface area contributed by atoms with Crippen LogP contribution in [-0.2, 0) is 6.54 Å². The van der Waals surface area contributed by atoms with Crippen LogP contribution >= 0.6 is 0 Å². The second-order valence-corrected chi connectivity index (χ2v) is 5.84. The monoisotopic (exact) mass is 330 g/mol. The van der Waals surface area contributed by atoms with E-state index in [0.717, 1.165) is 40.0 Å². The van der Waals surface area contributed by atoms with E-state index in [1.54, 1.807) is 0 Å². The SMILES string of the molecule is C=CCn1c(C)nc2cc(Nc3nc(N)c4ccccc4n3)ccc21. The summed E-state index contributed by atoms with van der Waals surface area (Å²) < 4.78 is 2.12. The molecule has 0 aliphatic carbocycles. The molecule has 0 radical (unpaired) electrons. The zero-order valence-electron chi connectivity index (χ0n) is 13.9. The fourth-order valence-corrected chi connectivity index (χ4v) is 2.97. The quantitative estimate of drug-likeness (QED) is 0.556. The van der Waals surface area contributed by atoms with Crippen LogP contribution in [0.3, 0.4) is 0 Å². The number of aromatic nitrogens is 4. The second kappa shape index (κ2) is 5.90. The van der Waals surface area contributed by atoms with Gasteiger partial charge in [0.15, 0.2) is 0 Å². The Balaban J connectivity index is 1.72. The number of aryl methyl sites for hydroxylation is 1. The highest BCUT2D eigenvalue weighted by molar-refractivity contribution is 5.89. The lowest BCUT2D eigenvalue weighted by Crippen LogP contribution is -2.01. The van der Waals surface area contributed by atoms with E-state index in [1.165, 1.54) is 0 Å². The number of hydrogen-bond donors (Lipinski definition) is 2. The fraction of sp³-hybridized carbons (Fsp3) is 0.105. The van der Waals surface area contributed by atoms with Gasteiger partial charge in [-0.1, -0.05) is 18.2 Å².